The van der Waals surface area contributed by atoms with Crippen molar-refractivity contribution in [1.82, 2.24) is 26.2 Å². The highest BCUT2D eigenvalue weighted by Crippen LogP contribution is 2.23. The first-order valence-electron chi connectivity index (χ1n) is 21.7. The Morgan fingerprint density at radius 3 is 1.77 bits per heavy atom. The monoisotopic (exact) mass is 917 g/mol. The summed E-state index contributed by atoms with van der Waals surface area (Å²) >= 11 is 0.994. The second kappa shape index (κ2) is 26.1. The number of benzene rings is 3. The van der Waals surface area contributed by atoms with E-state index >= 15 is 0 Å². The lowest BCUT2D eigenvalue weighted by atomic mass is 9.88. The summed E-state index contributed by atoms with van der Waals surface area (Å²) in [5.41, 5.74) is 1.45. The minimum Gasteiger partial charge on any atom is -0.468 e. The van der Waals surface area contributed by atoms with Crippen molar-refractivity contribution < 1.29 is 52.5 Å². The second-order valence-corrected chi connectivity index (χ2v) is 18.0. The molecule has 1 fully saturated rings. The SMILES string of the molecule is COC(=O)CSCC(=O)OC(CC(Cc1ccccc1)C(=O)NC(C(=O)NC(Cc1ccccc1)C(=O)NC(=O)N1CCOCC1)C(C)C)C(Cc1ccccc1)NC(=O)OC(C)(C)C. The first-order chi connectivity index (χ1) is 31.0. The Hall–Kier alpha value is -5.94. The van der Waals surface area contributed by atoms with E-state index in [-0.39, 0.29) is 37.2 Å². The molecular weight excluding hydrogens is 855 g/mol. The van der Waals surface area contributed by atoms with E-state index in [1.165, 1.54) is 12.0 Å². The highest BCUT2D eigenvalue weighted by Gasteiger charge is 2.37. The summed E-state index contributed by atoms with van der Waals surface area (Å²) in [7, 11) is 1.24. The van der Waals surface area contributed by atoms with E-state index in [1.807, 2.05) is 66.7 Å². The number of urea groups is 1. The molecule has 0 radical (unpaired) electrons. The fourth-order valence-corrected chi connectivity index (χ4v) is 7.62. The van der Waals surface area contributed by atoms with Crippen molar-refractivity contribution in [1.29, 1.82) is 0 Å². The van der Waals surface area contributed by atoms with Crippen molar-refractivity contribution in [2.45, 2.75) is 90.1 Å². The van der Waals surface area contributed by atoms with Crippen LogP contribution < -0.4 is 21.3 Å². The van der Waals surface area contributed by atoms with Gasteiger partial charge in [-0.15, -0.1) is 11.8 Å². The quantitative estimate of drug-likeness (QED) is 0.0853. The van der Waals surface area contributed by atoms with Crippen molar-refractivity contribution in [3.63, 3.8) is 0 Å². The number of carbonyl (C=O) groups excluding carboxylic acids is 7. The fraction of sp³-hybridized carbons (Fsp3) is 0.479. The summed E-state index contributed by atoms with van der Waals surface area (Å²) < 4.78 is 21.8. The normalized spacial score (nSPS) is 15.0. The average Bonchev–Trinajstić information content (AvgIpc) is 3.27. The summed E-state index contributed by atoms with van der Waals surface area (Å²) in [6.07, 6.45) is -1.61. The molecule has 0 aliphatic carbocycles. The van der Waals surface area contributed by atoms with E-state index in [2.05, 4.69) is 21.3 Å². The number of hydrogen-bond acceptors (Lipinski definition) is 12. The zero-order chi connectivity index (χ0) is 47.4. The first-order valence-corrected chi connectivity index (χ1v) is 22.9. The molecule has 1 heterocycles. The Kier molecular flexibility index (Phi) is 20.8. The molecule has 1 saturated heterocycles. The summed E-state index contributed by atoms with van der Waals surface area (Å²) in [6.45, 7) is 9.94. The van der Waals surface area contributed by atoms with Gasteiger partial charge >= 0.3 is 24.1 Å². The third-order valence-corrected chi connectivity index (χ3v) is 11.2. The van der Waals surface area contributed by atoms with Gasteiger partial charge in [-0.1, -0.05) is 105 Å². The van der Waals surface area contributed by atoms with Crippen LogP contribution in [0.2, 0.25) is 0 Å². The lowest BCUT2D eigenvalue weighted by molar-refractivity contribution is -0.149. The Morgan fingerprint density at radius 2 is 1.23 bits per heavy atom. The number of rotatable bonds is 21. The predicted octanol–water partition coefficient (Wildman–Crippen LogP) is 4.63. The third-order valence-electron chi connectivity index (χ3n) is 10.3. The largest absolute Gasteiger partial charge is 0.468 e. The van der Waals surface area contributed by atoms with Crippen LogP contribution in [0, 0.1) is 11.8 Å². The Bertz CT molecular complexity index is 2010. The maximum atomic E-state index is 14.8. The number of amides is 6. The van der Waals surface area contributed by atoms with E-state index in [0.717, 1.165) is 28.5 Å². The fourth-order valence-electron chi connectivity index (χ4n) is 7.00. The number of nitrogens with zero attached hydrogens (tertiary/aromatic N) is 1. The van der Waals surface area contributed by atoms with Crippen LogP contribution in [0.25, 0.3) is 0 Å². The number of alkyl carbamates (subject to hydrolysis) is 1. The van der Waals surface area contributed by atoms with Crippen LogP contribution in [0.5, 0.6) is 0 Å². The van der Waals surface area contributed by atoms with E-state index < -0.39 is 83.5 Å². The number of imide groups is 1. The molecule has 5 atom stereocenters. The number of ether oxygens (including phenoxy) is 4. The number of thioether (sulfide) groups is 1. The number of methoxy groups -OCH3 is 1. The summed E-state index contributed by atoms with van der Waals surface area (Å²) in [6, 6.07) is 23.6. The Labute approximate surface area is 385 Å². The predicted molar refractivity (Wildman–Crippen MR) is 246 cm³/mol. The number of hydrogen-bond donors (Lipinski definition) is 4. The van der Waals surface area contributed by atoms with Gasteiger partial charge in [0.2, 0.25) is 11.8 Å². The van der Waals surface area contributed by atoms with Crippen LogP contribution in [0.15, 0.2) is 91.0 Å². The zero-order valence-electron chi connectivity index (χ0n) is 38.0. The number of nitrogens with one attached hydrogen (secondary N) is 4. The van der Waals surface area contributed by atoms with E-state index in [4.69, 9.17) is 18.9 Å². The Balaban J connectivity index is 1.66. The lowest BCUT2D eigenvalue weighted by Crippen LogP contribution is -2.58. The van der Waals surface area contributed by atoms with Gasteiger partial charge in [-0.05, 0) is 62.6 Å². The smallest absolute Gasteiger partial charge is 0.408 e. The molecule has 352 valence electrons. The number of carbonyl (C=O) groups is 7. The van der Waals surface area contributed by atoms with Gasteiger partial charge in [0.1, 0.15) is 23.8 Å². The molecule has 0 saturated carbocycles. The van der Waals surface area contributed by atoms with Crippen LogP contribution in [-0.2, 0) is 62.2 Å². The lowest BCUT2D eigenvalue weighted by Gasteiger charge is -2.32. The van der Waals surface area contributed by atoms with E-state index in [1.54, 1.807) is 58.9 Å². The van der Waals surface area contributed by atoms with Gasteiger partial charge in [0, 0.05) is 25.4 Å². The third kappa shape index (κ3) is 18.6. The molecule has 0 bridgehead atoms. The van der Waals surface area contributed by atoms with Gasteiger partial charge in [-0.3, -0.25) is 29.3 Å². The van der Waals surface area contributed by atoms with Gasteiger partial charge in [0.05, 0.1) is 37.9 Å². The van der Waals surface area contributed by atoms with E-state index in [0.29, 0.717) is 26.3 Å². The maximum Gasteiger partial charge on any atom is 0.408 e. The van der Waals surface area contributed by atoms with Crippen molar-refractivity contribution in [2.75, 3.05) is 44.9 Å². The summed E-state index contributed by atoms with van der Waals surface area (Å²) in [5.74, 6) is -4.89. The molecule has 0 spiro atoms. The highest BCUT2D eigenvalue weighted by atomic mass is 32.2. The van der Waals surface area contributed by atoms with Crippen LogP contribution in [0.1, 0.15) is 57.7 Å². The van der Waals surface area contributed by atoms with Crippen molar-refractivity contribution in [3.05, 3.63) is 108 Å². The molecule has 3 aromatic carbocycles. The molecule has 5 unspecified atom stereocenters. The molecule has 17 heteroatoms. The number of esters is 2. The molecular formula is C48H63N5O11S. The average molecular weight is 918 g/mol. The molecule has 65 heavy (non-hydrogen) atoms. The van der Waals surface area contributed by atoms with Crippen LogP contribution in [0.3, 0.4) is 0 Å². The molecule has 4 rings (SSSR count). The van der Waals surface area contributed by atoms with Crippen LogP contribution in [0.4, 0.5) is 9.59 Å². The molecule has 1 aliphatic heterocycles. The van der Waals surface area contributed by atoms with Gasteiger partial charge in [0.15, 0.2) is 0 Å². The maximum absolute atomic E-state index is 14.8. The Morgan fingerprint density at radius 1 is 0.692 bits per heavy atom. The van der Waals surface area contributed by atoms with Gasteiger partial charge in [-0.25, -0.2) is 9.59 Å². The molecule has 0 aromatic heterocycles. The minimum atomic E-state index is -1.19. The van der Waals surface area contributed by atoms with Crippen molar-refractivity contribution in [3.8, 4) is 0 Å². The van der Waals surface area contributed by atoms with E-state index in [9.17, 15) is 33.6 Å². The van der Waals surface area contributed by atoms with Crippen LogP contribution >= 0.6 is 11.8 Å². The molecule has 1 aliphatic rings. The topological polar surface area (TPSA) is 208 Å². The van der Waals surface area contributed by atoms with Gasteiger partial charge in [-0.2, -0.15) is 0 Å². The summed E-state index contributed by atoms with van der Waals surface area (Å²) in [5, 5.41) is 11.1. The molecule has 4 N–H and O–H groups in total. The van der Waals surface area contributed by atoms with Gasteiger partial charge < -0.3 is 39.8 Å². The van der Waals surface area contributed by atoms with Crippen LogP contribution in [-0.4, -0.2) is 121 Å². The zero-order valence-corrected chi connectivity index (χ0v) is 38.9. The minimum absolute atomic E-state index is 0.0581. The van der Waals surface area contributed by atoms with Gasteiger partial charge in [0.25, 0.3) is 5.91 Å². The van der Waals surface area contributed by atoms with Crippen molar-refractivity contribution in [2.24, 2.45) is 11.8 Å². The highest BCUT2D eigenvalue weighted by molar-refractivity contribution is 8.00. The van der Waals surface area contributed by atoms with Crippen molar-refractivity contribution >= 4 is 53.5 Å². The standard InChI is InChI=1S/C48H63N5O11S/c1-32(2)42(45(58)49-38(28-35-20-14-9-15-21-35)44(57)52-46(59)53-22-24-62-25-23-53)51-43(56)36(26-33-16-10-7-11-17-33)29-39(63-41(55)31-65-30-40(54)61-6)37(27-34-18-12-8-13-19-34)50-47(60)64-48(3,4)5/h7-21,32,36-39,42H,22-31H2,1-6H3,(H,49,58)(H,50,60)(H,51,56)(H,52,57,59). The second-order valence-electron chi connectivity index (χ2n) is 17.0. The molecule has 16 nitrogen and oxygen atoms in total. The molecule has 6 amide bonds. The summed E-state index contributed by atoms with van der Waals surface area (Å²) in [4.78, 5) is 96.1. The number of morpholine rings is 1. The molecule has 3 aromatic rings. The first kappa shape index (κ1) is 51.7.